The highest BCUT2D eigenvalue weighted by Crippen LogP contribution is 2.29. The molecule has 1 aromatic rings. The predicted molar refractivity (Wildman–Crippen MR) is 74.3 cm³/mol. The van der Waals surface area contributed by atoms with E-state index in [0.717, 1.165) is 30.7 Å². The van der Waals surface area contributed by atoms with Gasteiger partial charge < -0.3 is 5.32 Å². The molecule has 0 radical (unpaired) electrons. The lowest BCUT2D eigenvalue weighted by Crippen LogP contribution is -2.16. The van der Waals surface area contributed by atoms with Gasteiger partial charge in [0.1, 0.15) is 0 Å². The van der Waals surface area contributed by atoms with Crippen LogP contribution in [0.5, 0.6) is 0 Å². The number of nitrogens with one attached hydrogen (secondary N) is 1. The average Bonchev–Trinajstić information content (AvgIpc) is 2.44. The number of allylic oxidation sites excluding steroid dienone is 1. The third-order valence-electron chi connectivity index (χ3n) is 3.62. The minimum absolute atomic E-state index is 0.589. The van der Waals surface area contributed by atoms with Crippen LogP contribution in [0.2, 0.25) is 0 Å². The first-order valence-electron chi connectivity index (χ1n) is 7.10. The van der Waals surface area contributed by atoms with Crippen LogP contribution in [0.1, 0.15) is 43.2 Å². The Labute approximate surface area is 117 Å². The molecule has 0 heterocycles. The van der Waals surface area contributed by atoms with Crippen LogP contribution in [-0.2, 0) is 12.7 Å². The molecule has 4 heteroatoms. The summed E-state index contributed by atoms with van der Waals surface area (Å²) >= 11 is 0. The van der Waals surface area contributed by atoms with Gasteiger partial charge in [-0.1, -0.05) is 23.8 Å². The minimum atomic E-state index is -4.25. The van der Waals surface area contributed by atoms with Crippen molar-refractivity contribution in [2.24, 2.45) is 0 Å². The highest BCUT2D eigenvalue weighted by molar-refractivity contribution is 5.24. The van der Waals surface area contributed by atoms with E-state index in [1.54, 1.807) is 0 Å². The monoisotopic (exact) mass is 283 g/mol. The van der Waals surface area contributed by atoms with Crippen molar-refractivity contribution in [2.75, 3.05) is 6.54 Å². The molecule has 0 aromatic heterocycles. The smallest absolute Gasteiger partial charge is 0.312 e. The Balaban J connectivity index is 1.73. The molecule has 0 amide bonds. The van der Waals surface area contributed by atoms with Crippen molar-refractivity contribution >= 4 is 0 Å². The zero-order valence-electron chi connectivity index (χ0n) is 11.5. The Hall–Kier alpha value is -1.29. The lowest BCUT2D eigenvalue weighted by Gasteiger charge is -2.13. The van der Waals surface area contributed by atoms with Gasteiger partial charge in [0.05, 0.1) is 5.56 Å². The van der Waals surface area contributed by atoms with Crippen molar-refractivity contribution in [3.8, 4) is 0 Å². The molecule has 0 atom stereocenters. The van der Waals surface area contributed by atoms with Crippen LogP contribution in [0.3, 0.4) is 0 Å². The SMILES string of the molecule is FC(F)(F)c1ccc(CNCCC2=CCCCC2)cc1. The lowest BCUT2D eigenvalue weighted by atomic mass is 9.97. The fourth-order valence-corrected chi connectivity index (χ4v) is 2.42. The molecule has 0 saturated carbocycles. The molecule has 0 spiro atoms. The van der Waals surface area contributed by atoms with Gasteiger partial charge in [-0.15, -0.1) is 0 Å². The number of benzene rings is 1. The molecule has 1 nitrogen and oxygen atoms in total. The molecule has 0 aliphatic heterocycles. The van der Waals surface area contributed by atoms with E-state index in [1.807, 2.05) is 0 Å². The van der Waals surface area contributed by atoms with E-state index in [0.29, 0.717) is 6.54 Å². The number of hydrogen-bond donors (Lipinski definition) is 1. The van der Waals surface area contributed by atoms with Gasteiger partial charge in [-0.05, 0) is 56.3 Å². The van der Waals surface area contributed by atoms with Crippen molar-refractivity contribution in [3.05, 3.63) is 47.0 Å². The summed E-state index contributed by atoms with van der Waals surface area (Å²) in [5.74, 6) is 0. The van der Waals surface area contributed by atoms with Gasteiger partial charge >= 0.3 is 6.18 Å². The number of alkyl halides is 3. The van der Waals surface area contributed by atoms with E-state index >= 15 is 0 Å². The van der Waals surface area contributed by atoms with E-state index in [9.17, 15) is 13.2 Å². The summed E-state index contributed by atoms with van der Waals surface area (Å²) in [5, 5.41) is 3.29. The molecule has 1 aliphatic rings. The van der Waals surface area contributed by atoms with Crippen molar-refractivity contribution in [2.45, 2.75) is 44.8 Å². The van der Waals surface area contributed by atoms with E-state index in [-0.39, 0.29) is 0 Å². The first kappa shape index (κ1) is 15.1. The van der Waals surface area contributed by atoms with Gasteiger partial charge in [0, 0.05) is 6.54 Å². The Kier molecular flexibility index (Phi) is 5.24. The second-order valence-corrected chi connectivity index (χ2v) is 5.23. The largest absolute Gasteiger partial charge is 0.416 e. The number of hydrogen-bond acceptors (Lipinski definition) is 1. The molecule has 110 valence electrons. The van der Waals surface area contributed by atoms with Crippen molar-refractivity contribution in [3.63, 3.8) is 0 Å². The maximum absolute atomic E-state index is 12.4. The average molecular weight is 283 g/mol. The Morgan fingerprint density at radius 1 is 1.05 bits per heavy atom. The first-order chi connectivity index (χ1) is 9.55. The summed E-state index contributed by atoms with van der Waals surface area (Å²) in [4.78, 5) is 0. The molecule has 0 bridgehead atoms. The van der Waals surface area contributed by atoms with Crippen LogP contribution in [0.4, 0.5) is 13.2 Å². The minimum Gasteiger partial charge on any atom is -0.312 e. The molecule has 0 unspecified atom stereocenters. The molecule has 0 saturated heterocycles. The topological polar surface area (TPSA) is 12.0 Å². The van der Waals surface area contributed by atoms with E-state index < -0.39 is 11.7 Å². The fourth-order valence-electron chi connectivity index (χ4n) is 2.42. The quantitative estimate of drug-likeness (QED) is 0.611. The maximum atomic E-state index is 12.4. The molecule has 2 rings (SSSR count). The zero-order valence-corrected chi connectivity index (χ0v) is 11.5. The van der Waals surface area contributed by atoms with E-state index in [2.05, 4.69) is 11.4 Å². The van der Waals surface area contributed by atoms with Crippen molar-refractivity contribution in [1.82, 2.24) is 5.32 Å². The van der Waals surface area contributed by atoms with Crippen LogP contribution in [0.25, 0.3) is 0 Å². The third kappa shape index (κ3) is 4.67. The second kappa shape index (κ2) is 6.93. The lowest BCUT2D eigenvalue weighted by molar-refractivity contribution is -0.137. The third-order valence-corrected chi connectivity index (χ3v) is 3.62. The summed E-state index contributed by atoms with van der Waals surface area (Å²) < 4.78 is 37.2. The standard InChI is InChI=1S/C16H20F3N/c17-16(18,19)15-8-6-14(7-9-15)12-20-11-10-13-4-2-1-3-5-13/h4,6-9,20H,1-3,5,10-12H2. The van der Waals surface area contributed by atoms with Crippen molar-refractivity contribution < 1.29 is 13.2 Å². The van der Waals surface area contributed by atoms with Crippen LogP contribution in [0, 0.1) is 0 Å². The molecule has 1 aromatic carbocycles. The predicted octanol–water partition coefficient (Wildman–Crippen LogP) is 4.69. The van der Waals surface area contributed by atoms with Gasteiger partial charge in [0.2, 0.25) is 0 Å². The van der Waals surface area contributed by atoms with Gasteiger partial charge in [0.15, 0.2) is 0 Å². The van der Waals surface area contributed by atoms with Crippen molar-refractivity contribution in [1.29, 1.82) is 0 Å². The van der Waals surface area contributed by atoms with E-state index in [1.165, 1.54) is 43.4 Å². The van der Waals surface area contributed by atoms with Gasteiger partial charge in [-0.3, -0.25) is 0 Å². The molecule has 1 N–H and O–H groups in total. The number of halogens is 3. The van der Waals surface area contributed by atoms with Crippen LogP contribution >= 0.6 is 0 Å². The van der Waals surface area contributed by atoms with Gasteiger partial charge in [0.25, 0.3) is 0 Å². The summed E-state index contributed by atoms with van der Waals surface area (Å²) in [6.07, 6.45) is 4.08. The second-order valence-electron chi connectivity index (χ2n) is 5.23. The highest BCUT2D eigenvalue weighted by atomic mass is 19.4. The Morgan fingerprint density at radius 2 is 1.80 bits per heavy atom. The van der Waals surface area contributed by atoms with Gasteiger partial charge in [-0.25, -0.2) is 0 Å². The van der Waals surface area contributed by atoms with Crippen LogP contribution in [-0.4, -0.2) is 6.54 Å². The molecular formula is C16H20F3N. The first-order valence-corrected chi connectivity index (χ1v) is 7.10. The maximum Gasteiger partial charge on any atom is 0.416 e. The highest BCUT2D eigenvalue weighted by Gasteiger charge is 2.29. The summed E-state index contributed by atoms with van der Waals surface area (Å²) in [5.41, 5.74) is 1.81. The summed E-state index contributed by atoms with van der Waals surface area (Å²) in [6.45, 7) is 1.50. The molecule has 1 aliphatic carbocycles. The Bertz CT molecular complexity index is 446. The molecule has 20 heavy (non-hydrogen) atoms. The van der Waals surface area contributed by atoms with Crippen LogP contribution < -0.4 is 5.32 Å². The number of rotatable bonds is 5. The molecular weight excluding hydrogens is 263 g/mol. The molecule has 0 fully saturated rings. The fraction of sp³-hybridized carbons (Fsp3) is 0.500. The normalized spacial score (nSPS) is 16.1. The Morgan fingerprint density at radius 3 is 2.40 bits per heavy atom. The van der Waals surface area contributed by atoms with Crippen LogP contribution in [0.15, 0.2) is 35.9 Å². The summed E-state index contributed by atoms with van der Waals surface area (Å²) in [7, 11) is 0. The zero-order chi connectivity index (χ0) is 14.4. The summed E-state index contributed by atoms with van der Waals surface area (Å²) in [6, 6.07) is 5.35. The van der Waals surface area contributed by atoms with Gasteiger partial charge in [-0.2, -0.15) is 13.2 Å². The van der Waals surface area contributed by atoms with E-state index in [4.69, 9.17) is 0 Å².